The van der Waals surface area contributed by atoms with Gasteiger partial charge in [-0.1, -0.05) is 25.5 Å². The Morgan fingerprint density at radius 1 is 1.18 bits per heavy atom. The third-order valence-corrected chi connectivity index (χ3v) is 5.98. The van der Waals surface area contributed by atoms with Crippen molar-refractivity contribution in [3.8, 4) is 5.75 Å². The summed E-state index contributed by atoms with van der Waals surface area (Å²) in [6, 6.07) is 5.81. The fraction of sp³-hybridized carbons (Fsp3) is 0.500. The highest BCUT2D eigenvalue weighted by Crippen LogP contribution is 2.57. The molecule has 3 aliphatic rings. The van der Waals surface area contributed by atoms with E-state index in [1.165, 1.54) is 27.8 Å². The highest BCUT2D eigenvalue weighted by Gasteiger charge is 2.48. The molecule has 0 amide bonds. The summed E-state index contributed by atoms with van der Waals surface area (Å²) in [4.78, 5) is 0. The lowest BCUT2D eigenvalue weighted by atomic mass is 9.62. The third-order valence-electron chi connectivity index (χ3n) is 5.98. The Hall–Kier alpha value is -1.54. The summed E-state index contributed by atoms with van der Waals surface area (Å²) >= 11 is 0. The summed E-state index contributed by atoms with van der Waals surface area (Å²) in [7, 11) is 0. The molecule has 2 atom stereocenters. The molecule has 116 valence electrons. The number of aryl methyl sites for hydroxylation is 1. The number of hydrogen-bond donors (Lipinski definition) is 2. The maximum Gasteiger partial charge on any atom is 0.115 e. The lowest BCUT2D eigenvalue weighted by Gasteiger charge is -2.43. The lowest BCUT2D eigenvalue weighted by Crippen LogP contribution is -2.36. The van der Waals surface area contributed by atoms with Gasteiger partial charge in [-0.2, -0.15) is 0 Å². The number of hydrogen-bond acceptors (Lipinski definition) is 2. The summed E-state index contributed by atoms with van der Waals surface area (Å²) < 4.78 is 0. The summed E-state index contributed by atoms with van der Waals surface area (Å²) in [6.07, 6.45) is 9.32. The zero-order valence-electron chi connectivity index (χ0n) is 13.2. The van der Waals surface area contributed by atoms with Crippen LogP contribution in [0.15, 0.2) is 35.4 Å². The molecule has 2 heteroatoms. The highest BCUT2D eigenvalue weighted by molar-refractivity contribution is 5.79. The van der Waals surface area contributed by atoms with Gasteiger partial charge >= 0.3 is 0 Å². The number of benzene rings is 1. The second-order valence-corrected chi connectivity index (χ2v) is 7.07. The van der Waals surface area contributed by atoms with Crippen molar-refractivity contribution >= 4 is 5.57 Å². The maximum atomic E-state index is 10.6. The van der Waals surface area contributed by atoms with Gasteiger partial charge in [0.2, 0.25) is 0 Å². The summed E-state index contributed by atoms with van der Waals surface area (Å²) in [5.74, 6) is 0.370. The van der Waals surface area contributed by atoms with Crippen LogP contribution in [-0.2, 0) is 6.42 Å². The molecule has 0 radical (unpaired) electrons. The Kier molecular flexibility index (Phi) is 3.19. The Bertz CT molecular complexity index is 683. The standard InChI is InChI=1S/C20H24O2/c1-2-10-20-11-9-16-15-6-4-14(21)12-13(15)3-5-17(16)18(20)7-8-19(20)22/h4,6-7,12,19,21-22H,2-3,5,8-11H2,1H3/t19-,20-/m0/s1. The molecule has 0 saturated heterocycles. The zero-order valence-corrected chi connectivity index (χ0v) is 13.2. The average molecular weight is 296 g/mol. The summed E-state index contributed by atoms with van der Waals surface area (Å²) in [5, 5.41) is 20.3. The molecule has 0 saturated carbocycles. The van der Waals surface area contributed by atoms with E-state index >= 15 is 0 Å². The van der Waals surface area contributed by atoms with Crippen molar-refractivity contribution in [2.75, 3.05) is 0 Å². The number of allylic oxidation sites excluding steroid dienone is 2. The van der Waals surface area contributed by atoms with Gasteiger partial charge < -0.3 is 10.2 Å². The van der Waals surface area contributed by atoms with Crippen molar-refractivity contribution in [3.05, 3.63) is 46.5 Å². The van der Waals surface area contributed by atoms with Gasteiger partial charge in [0.15, 0.2) is 0 Å². The van der Waals surface area contributed by atoms with Gasteiger partial charge in [-0.05, 0) is 78.5 Å². The average Bonchev–Trinajstić information content (AvgIpc) is 2.84. The predicted molar refractivity (Wildman–Crippen MR) is 88.6 cm³/mol. The predicted octanol–water partition coefficient (Wildman–Crippen LogP) is 4.36. The van der Waals surface area contributed by atoms with Crippen LogP contribution in [-0.4, -0.2) is 16.3 Å². The minimum atomic E-state index is -0.197. The normalized spacial score (nSPS) is 29.7. The smallest absolute Gasteiger partial charge is 0.115 e. The van der Waals surface area contributed by atoms with Gasteiger partial charge in [-0.3, -0.25) is 0 Å². The number of phenols is 1. The van der Waals surface area contributed by atoms with E-state index in [4.69, 9.17) is 0 Å². The van der Waals surface area contributed by atoms with Crippen LogP contribution in [0.1, 0.15) is 56.6 Å². The van der Waals surface area contributed by atoms with Gasteiger partial charge in [0, 0.05) is 5.41 Å². The molecule has 1 aromatic carbocycles. The molecule has 0 aromatic heterocycles. The van der Waals surface area contributed by atoms with E-state index in [1.807, 2.05) is 6.07 Å². The highest BCUT2D eigenvalue weighted by atomic mass is 16.3. The van der Waals surface area contributed by atoms with Crippen LogP contribution in [0.3, 0.4) is 0 Å². The molecule has 0 aliphatic heterocycles. The van der Waals surface area contributed by atoms with E-state index in [0.29, 0.717) is 5.75 Å². The number of rotatable bonds is 2. The lowest BCUT2D eigenvalue weighted by molar-refractivity contribution is 0.0529. The molecule has 22 heavy (non-hydrogen) atoms. The maximum absolute atomic E-state index is 10.6. The van der Waals surface area contributed by atoms with Crippen LogP contribution >= 0.6 is 0 Å². The van der Waals surface area contributed by atoms with Gasteiger partial charge in [-0.25, -0.2) is 0 Å². The van der Waals surface area contributed by atoms with Gasteiger partial charge in [-0.15, -0.1) is 0 Å². The minimum absolute atomic E-state index is 0.0159. The Morgan fingerprint density at radius 3 is 2.86 bits per heavy atom. The van der Waals surface area contributed by atoms with Gasteiger partial charge in [0.1, 0.15) is 5.75 Å². The van der Waals surface area contributed by atoms with Crippen LogP contribution in [0, 0.1) is 5.41 Å². The fourth-order valence-electron chi connectivity index (χ4n) is 5.02. The second kappa shape index (κ2) is 4.99. The van der Waals surface area contributed by atoms with Crippen LogP contribution in [0.2, 0.25) is 0 Å². The van der Waals surface area contributed by atoms with Crippen molar-refractivity contribution in [1.82, 2.24) is 0 Å². The second-order valence-electron chi connectivity index (χ2n) is 7.07. The SMILES string of the molecule is CCC[C@]12CCC3=C(CCc4cc(O)ccc43)C1=CC[C@@H]2O. The molecule has 3 aliphatic carbocycles. The van der Waals surface area contributed by atoms with Gasteiger partial charge in [0.05, 0.1) is 6.10 Å². The molecule has 4 rings (SSSR count). The van der Waals surface area contributed by atoms with Crippen LogP contribution in [0.5, 0.6) is 5.75 Å². The molecule has 0 spiro atoms. The van der Waals surface area contributed by atoms with E-state index in [0.717, 1.165) is 44.9 Å². The molecule has 0 heterocycles. The minimum Gasteiger partial charge on any atom is -0.508 e. The summed E-state index contributed by atoms with van der Waals surface area (Å²) in [6.45, 7) is 2.22. The fourth-order valence-corrected chi connectivity index (χ4v) is 5.02. The molecule has 2 nitrogen and oxygen atoms in total. The molecule has 0 unspecified atom stereocenters. The van der Waals surface area contributed by atoms with Crippen molar-refractivity contribution in [2.45, 2.75) is 58.0 Å². The third kappa shape index (κ3) is 1.83. The molecule has 1 aromatic rings. The van der Waals surface area contributed by atoms with Crippen molar-refractivity contribution in [1.29, 1.82) is 0 Å². The molecule has 0 bridgehead atoms. The molecular formula is C20H24O2. The number of aliphatic hydroxyl groups excluding tert-OH is 1. The van der Waals surface area contributed by atoms with Crippen molar-refractivity contribution in [2.24, 2.45) is 5.41 Å². The van der Waals surface area contributed by atoms with E-state index in [-0.39, 0.29) is 11.5 Å². The number of aliphatic hydroxyl groups is 1. The first-order valence-corrected chi connectivity index (χ1v) is 8.59. The van der Waals surface area contributed by atoms with Crippen LogP contribution in [0.25, 0.3) is 5.57 Å². The molecule has 0 fully saturated rings. The van der Waals surface area contributed by atoms with Crippen molar-refractivity contribution < 1.29 is 10.2 Å². The van der Waals surface area contributed by atoms with Gasteiger partial charge in [0.25, 0.3) is 0 Å². The largest absolute Gasteiger partial charge is 0.508 e. The van der Waals surface area contributed by atoms with Crippen molar-refractivity contribution in [3.63, 3.8) is 0 Å². The van der Waals surface area contributed by atoms with E-state index in [1.54, 1.807) is 6.07 Å². The first-order chi connectivity index (χ1) is 10.7. The van der Waals surface area contributed by atoms with Crippen LogP contribution in [0.4, 0.5) is 0 Å². The molecule has 2 N–H and O–H groups in total. The first-order valence-electron chi connectivity index (χ1n) is 8.59. The van der Waals surface area contributed by atoms with E-state index in [2.05, 4.69) is 19.1 Å². The quantitative estimate of drug-likeness (QED) is 0.851. The number of aromatic hydroxyl groups is 1. The monoisotopic (exact) mass is 296 g/mol. The zero-order chi connectivity index (χ0) is 15.3. The Morgan fingerprint density at radius 2 is 2.05 bits per heavy atom. The van der Waals surface area contributed by atoms with E-state index in [9.17, 15) is 10.2 Å². The Labute approximate surface area is 132 Å². The number of phenolic OH excluding ortho intramolecular Hbond substituents is 1. The topological polar surface area (TPSA) is 40.5 Å². The molecular weight excluding hydrogens is 272 g/mol. The van der Waals surface area contributed by atoms with E-state index < -0.39 is 0 Å². The Balaban J connectivity index is 1.83. The van der Waals surface area contributed by atoms with Crippen LogP contribution < -0.4 is 0 Å². The first kappa shape index (κ1) is 14.1. The number of fused-ring (bicyclic) bond motifs is 4. The summed E-state index contributed by atoms with van der Waals surface area (Å²) in [5.41, 5.74) is 7.03.